The van der Waals surface area contributed by atoms with Gasteiger partial charge in [-0.25, -0.2) is 0 Å². The number of carbonyl (C=O) groups excluding carboxylic acids is 1. The third kappa shape index (κ3) is 5.60. The number of benzene rings is 2. The van der Waals surface area contributed by atoms with Gasteiger partial charge in [0, 0.05) is 6.54 Å². The molecule has 0 aliphatic rings. The maximum absolute atomic E-state index is 12.2. The van der Waals surface area contributed by atoms with E-state index in [9.17, 15) is 4.79 Å². The number of nitrogens with zero attached hydrogens (tertiary/aromatic N) is 1. The van der Waals surface area contributed by atoms with Gasteiger partial charge in [-0.3, -0.25) is 4.79 Å². The van der Waals surface area contributed by atoms with Gasteiger partial charge in [0.15, 0.2) is 6.61 Å². The van der Waals surface area contributed by atoms with Gasteiger partial charge in [-0.1, -0.05) is 50.2 Å². The molecular weight excluding hydrogens is 324 g/mol. The quantitative estimate of drug-likeness (QED) is 0.781. The second-order valence-corrected chi connectivity index (χ2v) is 7.16. The van der Waals surface area contributed by atoms with Crippen molar-refractivity contribution in [1.82, 2.24) is 10.2 Å². The lowest BCUT2D eigenvalue weighted by atomic mass is 9.98. The molecule has 0 aliphatic carbocycles. The fraction of sp³-hybridized carbons (Fsp3) is 0.409. The van der Waals surface area contributed by atoms with Crippen LogP contribution in [0.5, 0.6) is 5.75 Å². The number of rotatable bonds is 8. The number of carbonyl (C=O) groups is 1. The van der Waals surface area contributed by atoms with Gasteiger partial charge >= 0.3 is 0 Å². The van der Waals surface area contributed by atoms with Crippen LogP contribution in [0.15, 0.2) is 48.5 Å². The van der Waals surface area contributed by atoms with Crippen LogP contribution < -0.4 is 10.1 Å². The van der Waals surface area contributed by atoms with E-state index in [0.29, 0.717) is 12.5 Å². The van der Waals surface area contributed by atoms with E-state index in [1.807, 2.05) is 44.4 Å². The van der Waals surface area contributed by atoms with Crippen molar-refractivity contribution in [2.24, 2.45) is 0 Å². The highest BCUT2D eigenvalue weighted by atomic mass is 16.5. The number of aryl methyl sites for hydroxylation is 1. The molecule has 0 spiro atoms. The molecular formula is C22H30N2O2. The molecule has 0 fully saturated rings. The van der Waals surface area contributed by atoms with Crippen molar-refractivity contribution in [2.75, 3.05) is 27.2 Å². The van der Waals surface area contributed by atoms with Crippen LogP contribution in [-0.2, 0) is 4.79 Å². The molecule has 0 bridgehead atoms. The number of likely N-dealkylation sites (N-methyl/N-ethyl adjacent to an activating group) is 1. The number of hydrogen-bond acceptors (Lipinski definition) is 3. The number of amides is 1. The number of hydrogen-bond donors (Lipinski definition) is 1. The molecule has 1 atom stereocenters. The summed E-state index contributed by atoms with van der Waals surface area (Å²) in [7, 11) is 4.03. The topological polar surface area (TPSA) is 41.6 Å². The molecule has 0 aromatic heterocycles. The summed E-state index contributed by atoms with van der Waals surface area (Å²) in [5.74, 6) is 1.10. The Kier molecular flexibility index (Phi) is 7.22. The minimum absolute atomic E-state index is 0.0232. The van der Waals surface area contributed by atoms with Crippen LogP contribution in [-0.4, -0.2) is 38.1 Å². The Morgan fingerprint density at radius 2 is 1.81 bits per heavy atom. The molecule has 4 nitrogen and oxygen atoms in total. The molecule has 0 aliphatic heterocycles. The summed E-state index contributed by atoms with van der Waals surface area (Å²) >= 11 is 0. The first-order valence-corrected chi connectivity index (χ1v) is 9.10. The normalized spacial score (nSPS) is 12.3. The Balaban J connectivity index is 1.87. The van der Waals surface area contributed by atoms with Crippen LogP contribution in [0, 0.1) is 6.92 Å². The molecule has 0 saturated carbocycles. The maximum Gasteiger partial charge on any atom is 0.258 e. The standard InChI is InChI=1S/C22H30N2O2/c1-16(2)20-12-11-19(13-17(20)3)26-15-22(25)23-14-21(24(4)5)18-9-7-6-8-10-18/h6-13,16,21H,14-15H2,1-5H3,(H,23,25). The zero-order chi connectivity index (χ0) is 19.1. The molecule has 0 heterocycles. The summed E-state index contributed by atoms with van der Waals surface area (Å²) in [6.45, 7) is 6.98. The van der Waals surface area contributed by atoms with Crippen LogP contribution in [0.4, 0.5) is 0 Å². The third-order valence-electron chi connectivity index (χ3n) is 4.53. The smallest absolute Gasteiger partial charge is 0.258 e. The van der Waals surface area contributed by atoms with Gasteiger partial charge in [0.2, 0.25) is 0 Å². The van der Waals surface area contributed by atoms with Crippen LogP contribution in [0.3, 0.4) is 0 Å². The van der Waals surface area contributed by atoms with Gasteiger partial charge in [0.1, 0.15) is 5.75 Å². The van der Waals surface area contributed by atoms with E-state index in [0.717, 1.165) is 5.75 Å². The SMILES string of the molecule is Cc1cc(OCC(=O)NCC(c2ccccc2)N(C)C)ccc1C(C)C. The number of nitrogens with one attached hydrogen (secondary N) is 1. The summed E-state index contributed by atoms with van der Waals surface area (Å²) in [5, 5.41) is 2.97. The average molecular weight is 354 g/mol. The van der Waals surface area contributed by atoms with Crippen molar-refractivity contribution in [3.8, 4) is 5.75 Å². The second kappa shape index (κ2) is 9.39. The molecule has 2 rings (SSSR count). The minimum atomic E-state index is -0.113. The Morgan fingerprint density at radius 3 is 2.38 bits per heavy atom. The van der Waals surface area contributed by atoms with Gasteiger partial charge in [-0.15, -0.1) is 0 Å². The molecule has 0 radical (unpaired) electrons. The monoisotopic (exact) mass is 354 g/mol. The molecule has 26 heavy (non-hydrogen) atoms. The third-order valence-corrected chi connectivity index (χ3v) is 4.53. The van der Waals surface area contributed by atoms with Crippen LogP contribution in [0.2, 0.25) is 0 Å². The van der Waals surface area contributed by atoms with Crippen molar-refractivity contribution in [3.05, 3.63) is 65.2 Å². The van der Waals surface area contributed by atoms with Gasteiger partial charge in [-0.05, 0) is 55.8 Å². The highest BCUT2D eigenvalue weighted by Gasteiger charge is 2.15. The summed E-state index contributed by atoms with van der Waals surface area (Å²) in [4.78, 5) is 14.3. The largest absolute Gasteiger partial charge is 0.484 e. The van der Waals surface area contributed by atoms with E-state index in [4.69, 9.17) is 4.74 Å². The highest BCUT2D eigenvalue weighted by molar-refractivity contribution is 5.77. The van der Waals surface area contributed by atoms with Gasteiger partial charge in [0.05, 0.1) is 6.04 Å². The van der Waals surface area contributed by atoms with Crippen LogP contribution in [0.25, 0.3) is 0 Å². The first-order chi connectivity index (χ1) is 12.4. The van der Waals surface area contributed by atoms with E-state index < -0.39 is 0 Å². The predicted octanol–water partition coefficient (Wildman–Crippen LogP) is 3.92. The molecule has 1 unspecified atom stereocenters. The lowest BCUT2D eigenvalue weighted by Crippen LogP contribution is -2.36. The van der Waals surface area contributed by atoms with E-state index >= 15 is 0 Å². The van der Waals surface area contributed by atoms with E-state index in [2.05, 4.69) is 49.2 Å². The molecule has 2 aromatic carbocycles. The molecule has 4 heteroatoms. The molecule has 140 valence electrons. The molecule has 1 amide bonds. The molecule has 0 saturated heterocycles. The number of ether oxygens (including phenoxy) is 1. The molecule has 2 aromatic rings. The Bertz CT molecular complexity index is 711. The lowest BCUT2D eigenvalue weighted by Gasteiger charge is -2.25. The lowest BCUT2D eigenvalue weighted by molar-refractivity contribution is -0.123. The van der Waals surface area contributed by atoms with Gasteiger partial charge < -0.3 is 15.0 Å². The Labute approximate surface area is 157 Å². The van der Waals surface area contributed by atoms with Crippen molar-refractivity contribution in [1.29, 1.82) is 0 Å². The predicted molar refractivity (Wildman–Crippen MR) is 107 cm³/mol. The summed E-state index contributed by atoms with van der Waals surface area (Å²) < 4.78 is 5.66. The van der Waals surface area contributed by atoms with E-state index in [-0.39, 0.29) is 18.6 Å². The zero-order valence-electron chi connectivity index (χ0n) is 16.5. The maximum atomic E-state index is 12.2. The van der Waals surface area contributed by atoms with Crippen LogP contribution >= 0.6 is 0 Å². The van der Waals surface area contributed by atoms with Gasteiger partial charge in [0.25, 0.3) is 5.91 Å². The van der Waals surface area contributed by atoms with E-state index in [1.165, 1.54) is 16.7 Å². The fourth-order valence-corrected chi connectivity index (χ4v) is 3.07. The van der Waals surface area contributed by atoms with E-state index in [1.54, 1.807) is 0 Å². The summed E-state index contributed by atoms with van der Waals surface area (Å²) in [6, 6.07) is 16.3. The summed E-state index contributed by atoms with van der Waals surface area (Å²) in [6.07, 6.45) is 0. The van der Waals surface area contributed by atoms with Crippen LogP contribution in [0.1, 0.15) is 42.5 Å². The van der Waals surface area contributed by atoms with Crippen molar-refractivity contribution >= 4 is 5.91 Å². The first-order valence-electron chi connectivity index (χ1n) is 9.10. The Hall–Kier alpha value is -2.33. The average Bonchev–Trinajstić information content (AvgIpc) is 2.60. The Morgan fingerprint density at radius 1 is 1.12 bits per heavy atom. The molecule has 1 N–H and O–H groups in total. The van der Waals surface area contributed by atoms with Crippen molar-refractivity contribution in [2.45, 2.75) is 32.7 Å². The fourth-order valence-electron chi connectivity index (χ4n) is 3.07. The second-order valence-electron chi connectivity index (χ2n) is 7.16. The summed E-state index contributed by atoms with van der Waals surface area (Å²) in [5.41, 5.74) is 3.67. The zero-order valence-corrected chi connectivity index (χ0v) is 16.5. The van der Waals surface area contributed by atoms with Gasteiger partial charge in [-0.2, -0.15) is 0 Å². The first kappa shape index (κ1) is 20.0. The minimum Gasteiger partial charge on any atom is -0.484 e. The van der Waals surface area contributed by atoms with Crippen molar-refractivity contribution in [3.63, 3.8) is 0 Å². The van der Waals surface area contributed by atoms with Crippen molar-refractivity contribution < 1.29 is 9.53 Å². The highest BCUT2D eigenvalue weighted by Crippen LogP contribution is 2.23.